The molecule has 0 saturated carbocycles. The van der Waals surface area contributed by atoms with Gasteiger partial charge in [-0.3, -0.25) is 0 Å². The topological polar surface area (TPSA) is 21.7 Å². The number of likely N-dealkylation sites (N-methyl/N-ethyl adjacent to an activating group) is 1. The molecular formula is C9H19NO2. The van der Waals surface area contributed by atoms with E-state index in [1.165, 1.54) is 0 Å². The Balaban J connectivity index is 2.59. The molecule has 0 aromatic rings. The molecular weight excluding hydrogens is 154 g/mol. The molecule has 1 aliphatic heterocycles. The van der Waals surface area contributed by atoms with E-state index in [4.69, 9.17) is 9.47 Å². The Bertz CT molecular complexity index is 138. The van der Waals surface area contributed by atoms with Crippen LogP contribution in [0.5, 0.6) is 0 Å². The molecule has 0 spiro atoms. The van der Waals surface area contributed by atoms with E-state index in [0.717, 1.165) is 13.0 Å². The van der Waals surface area contributed by atoms with Crippen molar-refractivity contribution in [1.29, 1.82) is 0 Å². The molecule has 0 aromatic carbocycles. The van der Waals surface area contributed by atoms with E-state index in [2.05, 4.69) is 25.9 Å². The van der Waals surface area contributed by atoms with E-state index in [0.29, 0.717) is 12.1 Å². The van der Waals surface area contributed by atoms with Crippen molar-refractivity contribution >= 4 is 0 Å². The molecule has 0 amide bonds. The first-order valence-corrected chi connectivity index (χ1v) is 4.47. The summed E-state index contributed by atoms with van der Waals surface area (Å²) in [5.74, 6) is 0. The highest BCUT2D eigenvalue weighted by Gasteiger charge is 2.32. The summed E-state index contributed by atoms with van der Waals surface area (Å²) in [5, 5.41) is 0. The molecule has 0 aliphatic carbocycles. The Morgan fingerprint density at radius 1 is 1.42 bits per heavy atom. The molecule has 1 aliphatic rings. The number of methoxy groups -OCH3 is 1. The number of ether oxygens (including phenoxy) is 2. The lowest BCUT2D eigenvalue weighted by atomic mass is 9.99. The maximum atomic E-state index is 5.56. The minimum Gasteiger partial charge on any atom is -0.380 e. The number of hydrogen-bond donors (Lipinski definition) is 0. The fourth-order valence-electron chi connectivity index (χ4n) is 1.95. The lowest BCUT2D eigenvalue weighted by Crippen LogP contribution is -2.52. The van der Waals surface area contributed by atoms with Crippen molar-refractivity contribution in [2.24, 2.45) is 0 Å². The normalized spacial score (nSPS) is 37.2. The van der Waals surface area contributed by atoms with Crippen LogP contribution in [0.3, 0.4) is 0 Å². The Hall–Kier alpha value is -0.120. The molecule has 0 aromatic heterocycles. The second kappa shape index (κ2) is 4.21. The highest BCUT2D eigenvalue weighted by Crippen LogP contribution is 2.20. The van der Waals surface area contributed by atoms with Gasteiger partial charge in [0, 0.05) is 13.7 Å². The zero-order valence-electron chi connectivity index (χ0n) is 8.41. The molecule has 1 heterocycles. The Kier molecular flexibility index (Phi) is 3.50. The minimum atomic E-state index is 0.277. The van der Waals surface area contributed by atoms with Gasteiger partial charge < -0.3 is 14.4 Å². The molecule has 1 saturated heterocycles. The molecule has 12 heavy (non-hydrogen) atoms. The summed E-state index contributed by atoms with van der Waals surface area (Å²) in [6.07, 6.45) is 1.60. The van der Waals surface area contributed by atoms with Crippen LogP contribution in [0.2, 0.25) is 0 Å². The van der Waals surface area contributed by atoms with E-state index >= 15 is 0 Å². The Labute approximate surface area is 74.6 Å². The fourth-order valence-corrected chi connectivity index (χ4v) is 1.95. The van der Waals surface area contributed by atoms with Crippen LogP contribution in [0.15, 0.2) is 0 Å². The van der Waals surface area contributed by atoms with Crippen LogP contribution < -0.4 is 0 Å². The Morgan fingerprint density at radius 2 is 2.08 bits per heavy atom. The van der Waals surface area contributed by atoms with Gasteiger partial charge in [0.15, 0.2) is 0 Å². The van der Waals surface area contributed by atoms with Crippen LogP contribution in [0, 0.1) is 0 Å². The standard InChI is InChI=1S/C9H19NO2/c1-7-9(10(2)3)8(11-4)5-6-12-7/h7-9H,5-6H2,1-4H3. The van der Waals surface area contributed by atoms with Crippen LogP contribution in [0.4, 0.5) is 0 Å². The van der Waals surface area contributed by atoms with Gasteiger partial charge in [-0.15, -0.1) is 0 Å². The lowest BCUT2D eigenvalue weighted by Gasteiger charge is -2.39. The monoisotopic (exact) mass is 173 g/mol. The number of hydrogen-bond acceptors (Lipinski definition) is 3. The van der Waals surface area contributed by atoms with Gasteiger partial charge in [0.2, 0.25) is 0 Å². The summed E-state index contributed by atoms with van der Waals surface area (Å²) in [6, 6.07) is 0.392. The summed E-state index contributed by atoms with van der Waals surface area (Å²) in [7, 11) is 5.92. The summed E-state index contributed by atoms with van der Waals surface area (Å²) >= 11 is 0. The quantitative estimate of drug-likeness (QED) is 0.615. The van der Waals surface area contributed by atoms with Crippen molar-refractivity contribution in [3.05, 3.63) is 0 Å². The highest BCUT2D eigenvalue weighted by molar-refractivity contribution is 4.85. The lowest BCUT2D eigenvalue weighted by molar-refractivity contribution is -0.105. The summed E-state index contributed by atoms with van der Waals surface area (Å²) in [4.78, 5) is 2.18. The zero-order chi connectivity index (χ0) is 9.14. The van der Waals surface area contributed by atoms with E-state index in [1.807, 2.05) is 0 Å². The van der Waals surface area contributed by atoms with Gasteiger partial charge >= 0.3 is 0 Å². The van der Waals surface area contributed by atoms with Crippen LogP contribution in [-0.4, -0.2) is 51.0 Å². The molecule has 1 rings (SSSR count). The zero-order valence-corrected chi connectivity index (χ0v) is 8.41. The Morgan fingerprint density at radius 3 is 2.50 bits per heavy atom. The van der Waals surface area contributed by atoms with Gasteiger partial charge in [0.05, 0.1) is 18.2 Å². The first-order valence-electron chi connectivity index (χ1n) is 4.47. The van der Waals surface area contributed by atoms with Crippen molar-refractivity contribution in [2.45, 2.75) is 31.6 Å². The second-order valence-electron chi connectivity index (χ2n) is 3.59. The molecule has 3 heteroatoms. The molecule has 0 bridgehead atoms. The second-order valence-corrected chi connectivity index (χ2v) is 3.59. The SMILES string of the molecule is COC1CCOC(C)C1N(C)C. The van der Waals surface area contributed by atoms with Crippen molar-refractivity contribution in [2.75, 3.05) is 27.8 Å². The van der Waals surface area contributed by atoms with E-state index in [-0.39, 0.29) is 6.10 Å². The minimum absolute atomic E-state index is 0.277. The molecule has 72 valence electrons. The van der Waals surface area contributed by atoms with E-state index < -0.39 is 0 Å². The third-order valence-electron chi connectivity index (χ3n) is 2.54. The average molecular weight is 173 g/mol. The van der Waals surface area contributed by atoms with E-state index in [9.17, 15) is 0 Å². The first kappa shape index (κ1) is 9.96. The molecule has 3 nitrogen and oxygen atoms in total. The van der Waals surface area contributed by atoms with Crippen molar-refractivity contribution in [1.82, 2.24) is 4.90 Å². The van der Waals surface area contributed by atoms with Crippen molar-refractivity contribution in [3.8, 4) is 0 Å². The fraction of sp³-hybridized carbons (Fsp3) is 1.00. The molecule has 1 fully saturated rings. The van der Waals surface area contributed by atoms with Crippen LogP contribution in [0.1, 0.15) is 13.3 Å². The molecule has 3 unspecified atom stereocenters. The van der Waals surface area contributed by atoms with Gasteiger partial charge in [-0.2, -0.15) is 0 Å². The summed E-state index contributed by atoms with van der Waals surface area (Å²) < 4.78 is 11.0. The van der Waals surface area contributed by atoms with Crippen LogP contribution in [-0.2, 0) is 9.47 Å². The molecule has 3 atom stereocenters. The third-order valence-corrected chi connectivity index (χ3v) is 2.54. The van der Waals surface area contributed by atoms with Crippen LogP contribution >= 0.6 is 0 Å². The maximum Gasteiger partial charge on any atom is 0.0773 e. The third kappa shape index (κ3) is 1.97. The smallest absolute Gasteiger partial charge is 0.0773 e. The maximum absolute atomic E-state index is 5.56. The van der Waals surface area contributed by atoms with Crippen molar-refractivity contribution < 1.29 is 9.47 Å². The average Bonchev–Trinajstić information content (AvgIpc) is 2.03. The number of nitrogens with zero attached hydrogens (tertiary/aromatic N) is 1. The van der Waals surface area contributed by atoms with Crippen LogP contribution in [0.25, 0.3) is 0 Å². The van der Waals surface area contributed by atoms with Gasteiger partial charge in [0.25, 0.3) is 0 Å². The van der Waals surface area contributed by atoms with Gasteiger partial charge in [-0.05, 0) is 27.4 Å². The predicted octanol–water partition coefficient (Wildman–Crippen LogP) is 0.740. The molecule has 0 N–H and O–H groups in total. The van der Waals surface area contributed by atoms with E-state index in [1.54, 1.807) is 7.11 Å². The predicted molar refractivity (Wildman–Crippen MR) is 48.3 cm³/mol. The molecule has 0 radical (unpaired) electrons. The summed E-state index contributed by atoms with van der Waals surface area (Å²) in [6.45, 7) is 2.93. The van der Waals surface area contributed by atoms with Gasteiger partial charge in [0.1, 0.15) is 0 Å². The van der Waals surface area contributed by atoms with Gasteiger partial charge in [-0.25, -0.2) is 0 Å². The summed E-state index contributed by atoms with van der Waals surface area (Å²) in [5.41, 5.74) is 0. The van der Waals surface area contributed by atoms with Gasteiger partial charge in [-0.1, -0.05) is 0 Å². The highest BCUT2D eigenvalue weighted by atomic mass is 16.5. The largest absolute Gasteiger partial charge is 0.380 e. The number of rotatable bonds is 2. The first-order chi connectivity index (χ1) is 5.66. The van der Waals surface area contributed by atoms with Crippen molar-refractivity contribution in [3.63, 3.8) is 0 Å².